The summed E-state index contributed by atoms with van der Waals surface area (Å²) < 4.78 is 7.26. The van der Waals surface area contributed by atoms with Crippen molar-refractivity contribution in [3.8, 4) is 5.75 Å². The van der Waals surface area contributed by atoms with E-state index >= 15 is 0 Å². The maximum Gasteiger partial charge on any atom is 0.141 e. The monoisotopic (exact) mass is 312 g/mol. The third-order valence-electron chi connectivity index (χ3n) is 2.95. The molecule has 0 aliphatic carbocycles. The van der Waals surface area contributed by atoms with Gasteiger partial charge in [0.05, 0.1) is 6.21 Å². The highest BCUT2D eigenvalue weighted by Gasteiger charge is 1.97. The van der Waals surface area contributed by atoms with Crippen LogP contribution in [-0.4, -0.2) is 21.1 Å². The predicted octanol–water partition coefficient (Wildman–Crippen LogP) is 3.39. The SMILES string of the molecule is Clc1ccc(COc2ccc(/C=N/n3cnnc3)cc2)cc1. The van der Waals surface area contributed by atoms with Crippen molar-refractivity contribution in [1.29, 1.82) is 0 Å². The van der Waals surface area contributed by atoms with Crippen molar-refractivity contribution in [3.05, 3.63) is 77.3 Å². The van der Waals surface area contributed by atoms with Gasteiger partial charge in [-0.15, -0.1) is 10.2 Å². The summed E-state index contributed by atoms with van der Waals surface area (Å²) in [6.45, 7) is 0.505. The molecule has 3 aromatic rings. The molecule has 1 aromatic heterocycles. The molecular formula is C16H13ClN4O. The van der Waals surface area contributed by atoms with Gasteiger partial charge in [-0.2, -0.15) is 5.10 Å². The number of ether oxygens (including phenoxy) is 1. The molecule has 5 nitrogen and oxygen atoms in total. The largest absolute Gasteiger partial charge is 0.489 e. The summed E-state index contributed by atoms with van der Waals surface area (Å²) in [5, 5.41) is 12.3. The Kier molecular flexibility index (Phi) is 4.46. The first-order chi connectivity index (χ1) is 10.8. The van der Waals surface area contributed by atoms with Gasteiger partial charge in [-0.1, -0.05) is 23.7 Å². The van der Waals surface area contributed by atoms with Crippen LogP contribution in [0.1, 0.15) is 11.1 Å². The lowest BCUT2D eigenvalue weighted by atomic mass is 10.2. The van der Waals surface area contributed by atoms with Crippen molar-refractivity contribution in [1.82, 2.24) is 14.9 Å². The molecule has 0 saturated carbocycles. The van der Waals surface area contributed by atoms with Crippen molar-refractivity contribution in [3.63, 3.8) is 0 Å². The second kappa shape index (κ2) is 6.87. The first-order valence-electron chi connectivity index (χ1n) is 6.66. The summed E-state index contributed by atoms with van der Waals surface area (Å²) in [6.07, 6.45) is 4.78. The summed E-state index contributed by atoms with van der Waals surface area (Å²) in [5.74, 6) is 0.802. The molecule has 0 spiro atoms. The number of rotatable bonds is 5. The van der Waals surface area contributed by atoms with Crippen LogP contribution in [0.5, 0.6) is 5.75 Å². The van der Waals surface area contributed by atoms with Gasteiger partial charge < -0.3 is 4.74 Å². The van der Waals surface area contributed by atoms with Crippen LogP contribution in [0.25, 0.3) is 0 Å². The molecule has 0 amide bonds. The Morgan fingerprint density at radius 3 is 2.36 bits per heavy atom. The lowest BCUT2D eigenvalue weighted by molar-refractivity contribution is 0.306. The van der Waals surface area contributed by atoms with Crippen molar-refractivity contribution >= 4 is 17.8 Å². The van der Waals surface area contributed by atoms with Crippen LogP contribution in [0.3, 0.4) is 0 Å². The fraction of sp³-hybridized carbons (Fsp3) is 0.0625. The van der Waals surface area contributed by atoms with Gasteiger partial charge in [-0.3, -0.25) is 0 Å². The number of aromatic nitrogens is 3. The second-order valence-corrected chi connectivity index (χ2v) is 5.01. The highest BCUT2D eigenvalue weighted by atomic mass is 35.5. The van der Waals surface area contributed by atoms with Gasteiger partial charge >= 0.3 is 0 Å². The molecule has 0 atom stereocenters. The number of hydrogen-bond donors (Lipinski definition) is 0. The van der Waals surface area contributed by atoms with Crippen LogP contribution in [0, 0.1) is 0 Å². The van der Waals surface area contributed by atoms with Gasteiger partial charge in [0.2, 0.25) is 0 Å². The molecule has 110 valence electrons. The normalized spacial score (nSPS) is 11.0. The van der Waals surface area contributed by atoms with Gasteiger partial charge in [-0.05, 0) is 47.5 Å². The Hall–Kier alpha value is -2.66. The lowest BCUT2D eigenvalue weighted by Crippen LogP contribution is -1.95. The van der Waals surface area contributed by atoms with Crippen LogP contribution in [0.15, 0.2) is 66.3 Å². The molecule has 0 unspecified atom stereocenters. The Morgan fingerprint density at radius 2 is 1.68 bits per heavy atom. The molecule has 2 aromatic carbocycles. The molecule has 0 fully saturated rings. The lowest BCUT2D eigenvalue weighted by Gasteiger charge is -2.06. The summed E-state index contributed by atoms with van der Waals surface area (Å²) in [7, 11) is 0. The predicted molar refractivity (Wildman–Crippen MR) is 85.2 cm³/mol. The van der Waals surface area contributed by atoms with E-state index in [0.29, 0.717) is 6.61 Å². The van der Waals surface area contributed by atoms with E-state index in [4.69, 9.17) is 16.3 Å². The van der Waals surface area contributed by atoms with Crippen LogP contribution >= 0.6 is 11.6 Å². The summed E-state index contributed by atoms with van der Waals surface area (Å²) in [6, 6.07) is 15.3. The summed E-state index contributed by atoms with van der Waals surface area (Å²) in [4.78, 5) is 0. The minimum absolute atomic E-state index is 0.505. The van der Waals surface area contributed by atoms with Crippen molar-refractivity contribution in [2.24, 2.45) is 5.10 Å². The Morgan fingerprint density at radius 1 is 1.00 bits per heavy atom. The highest BCUT2D eigenvalue weighted by Crippen LogP contribution is 2.15. The number of benzene rings is 2. The Labute approximate surface area is 132 Å². The third kappa shape index (κ3) is 3.93. The Bertz CT molecular complexity index is 737. The average Bonchev–Trinajstić information content (AvgIpc) is 3.07. The summed E-state index contributed by atoms with van der Waals surface area (Å²) >= 11 is 5.85. The van der Waals surface area contributed by atoms with Gasteiger partial charge in [0, 0.05) is 5.02 Å². The zero-order valence-corrected chi connectivity index (χ0v) is 12.4. The van der Waals surface area contributed by atoms with E-state index in [9.17, 15) is 0 Å². The van der Waals surface area contributed by atoms with Crippen LogP contribution in [0.4, 0.5) is 0 Å². The van der Waals surface area contributed by atoms with Crippen molar-refractivity contribution < 1.29 is 4.74 Å². The highest BCUT2D eigenvalue weighted by molar-refractivity contribution is 6.30. The maximum absolute atomic E-state index is 5.85. The van der Waals surface area contributed by atoms with Gasteiger partial charge in [0.25, 0.3) is 0 Å². The quantitative estimate of drug-likeness (QED) is 0.679. The second-order valence-electron chi connectivity index (χ2n) is 4.57. The van der Waals surface area contributed by atoms with Crippen LogP contribution in [0.2, 0.25) is 5.02 Å². The van der Waals surface area contributed by atoms with E-state index in [2.05, 4.69) is 15.3 Å². The van der Waals surface area contributed by atoms with E-state index in [0.717, 1.165) is 21.9 Å². The van der Waals surface area contributed by atoms with Crippen molar-refractivity contribution in [2.45, 2.75) is 6.61 Å². The molecule has 0 bridgehead atoms. The maximum atomic E-state index is 5.85. The average molecular weight is 313 g/mol. The molecule has 0 radical (unpaired) electrons. The fourth-order valence-corrected chi connectivity index (χ4v) is 1.91. The zero-order chi connectivity index (χ0) is 15.2. The van der Waals surface area contributed by atoms with Crippen LogP contribution in [-0.2, 0) is 6.61 Å². The molecule has 22 heavy (non-hydrogen) atoms. The fourth-order valence-electron chi connectivity index (χ4n) is 1.79. The topological polar surface area (TPSA) is 52.3 Å². The molecule has 6 heteroatoms. The number of halogens is 1. The summed E-state index contributed by atoms with van der Waals surface area (Å²) in [5.41, 5.74) is 2.04. The molecule has 3 rings (SSSR count). The van der Waals surface area contributed by atoms with Gasteiger partial charge in [-0.25, -0.2) is 4.68 Å². The molecular weight excluding hydrogens is 300 g/mol. The van der Waals surface area contributed by atoms with E-state index in [1.807, 2.05) is 48.5 Å². The van der Waals surface area contributed by atoms with Crippen LogP contribution < -0.4 is 4.74 Å². The minimum Gasteiger partial charge on any atom is -0.489 e. The first kappa shape index (κ1) is 14.3. The molecule has 0 saturated heterocycles. The van der Waals surface area contributed by atoms with Gasteiger partial charge in [0.1, 0.15) is 25.0 Å². The molecule has 0 aliphatic heterocycles. The van der Waals surface area contributed by atoms with E-state index in [-0.39, 0.29) is 0 Å². The number of hydrogen-bond acceptors (Lipinski definition) is 4. The Balaban J connectivity index is 1.58. The van der Waals surface area contributed by atoms with E-state index < -0.39 is 0 Å². The van der Waals surface area contributed by atoms with E-state index in [1.165, 1.54) is 17.3 Å². The standard InChI is InChI=1S/C16H13ClN4O/c17-15-5-1-14(2-6-15)10-22-16-7-3-13(4-8-16)9-20-21-11-18-19-12-21/h1-9,11-12H,10H2/b20-9+. The molecule has 1 heterocycles. The van der Waals surface area contributed by atoms with Crippen molar-refractivity contribution in [2.75, 3.05) is 0 Å². The first-order valence-corrected chi connectivity index (χ1v) is 7.04. The third-order valence-corrected chi connectivity index (χ3v) is 3.20. The minimum atomic E-state index is 0.505. The molecule has 0 N–H and O–H groups in total. The smallest absolute Gasteiger partial charge is 0.141 e. The van der Waals surface area contributed by atoms with E-state index in [1.54, 1.807) is 6.21 Å². The van der Waals surface area contributed by atoms with Gasteiger partial charge in [0.15, 0.2) is 0 Å². The molecule has 0 aliphatic rings. The number of nitrogens with zero attached hydrogens (tertiary/aromatic N) is 4. The zero-order valence-electron chi connectivity index (χ0n) is 11.6.